The molecular weight excluding hydrogens is 270 g/mol. The summed E-state index contributed by atoms with van der Waals surface area (Å²) in [5.74, 6) is 0.867. The van der Waals surface area contributed by atoms with Gasteiger partial charge in [0.1, 0.15) is 5.60 Å². The lowest BCUT2D eigenvalue weighted by molar-refractivity contribution is 0.0629. The van der Waals surface area contributed by atoms with E-state index in [1.54, 1.807) is 0 Å². The third kappa shape index (κ3) is 4.34. The van der Waals surface area contributed by atoms with Gasteiger partial charge in [-0.1, -0.05) is 57.7 Å². The topological polar surface area (TPSA) is 21.6 Å². The summed E-state index contributed by atoms with van der Waals surface area (Å²) in [6.07, 6.45) is 9.88. The maximum Gasteiger partial charge on any atom is 0.217 e. The third-order valence-electron chi connectivity index (χ3n) is 4.67. The molecule has 0 saturated heterocycles. The molecule has 22 heavy (non-hydrogen) atoms. The maximum atomic E-state index is 6.46. The fourth-order valence-corrected chi connectivity index (χ4v) is 3.22. The van der Waals surface area contributed by atoms with E-state index in [1.807, 2.05) is 0 Å². The van der Waals surface area contributed by atoms with Gasteiger partial charge in [-0.3, -0.25) is 0 Å². The largest absolute Gasteiger partial charge is 0.469 e. The summed E-state index contributed by atoms with van der Waals surface area (Å²) in [5.41, 5.74) is 2.37. The average Bonchev–Trinajstić information content (AvgIpc) is 2.93. The Bertz CT molecular complexity index is 482. The number of unbranched alkanes of at least 4 members (excludes halogenated alkanes) is 4. The molecule has 0 atom stereocenters. The molecule has 1 heterocycles. The minimum atomic E-state index is -0.0397. The second-order valence-electron chi connectivity index (χ2n) is 6.64. The molecule has 0 saturated carbocycles. The van der Waals surface area contributed by atoms with Gasteiger partial charge in [0.25, 0.3) is 0 Å². The van der Waals surface area contributed by atoms with Gasteiger partial charge in [0.15, 0.2) is 0 Å². The van der Waals surface area contributed by atoms with Crippen molar-refractivity contribution in [3.8, 4) is 0 Å². The van der Waals surface area contributed by atoms with Gasteiger partial charge in [-0.15, -0.1) is 0 Å². The van der Waals surface area contributed by atoms with Gasteiger partial charge in [-0.25, -0.2) is 4.99 Å². The lowest BCUT2D eigenvalue weighted by Crippen LogP contribution is -2.33. The van der Waals surface area contributed by atoms with Crippen molar-refractivity contribution in [2.24, 2.45) is 4.99 Å². The third-order valence-corrected chi connectivity index (χ3v) is 4.67. The molecule has 0 unspecified atom stereocenters. The van der Waals surface area contributed by atoms with Crippen LogP contribution in [-0.4, -0.2) is 18.0 Å². The summed E-state index contributed by atoms with van der Waals surface area (Å²) in [6.45, 7) is 7.49. The van der Waals surface area contributed by atoms with Crippen LogP contribution in [0.4, 0.5) is 0 Å². The van der Waals surface area contributed by atoms with E-state index in [-0.39, 0.29) is 5.60 Å². The molecule has 0 aromatic heterocycles. The highest BCUT2D eigenvalue weighted by atomic mass is 16.5. The van der Waals surface area contributed by atoms with Gasteiger partial charge < -0.3 is 4.74 Å². The van der Waals surface area contributed by atoms with Crippen LogP contribution in [0.2, 0.25) is 0 Å². The second-order valence-corrected chi connectivity index (χ2v) is 6.64. The molecule has 2 nitrogen and oxygen atoms in total. The molecule has 0 aliphatic carbocycles. The first-order chi connectivity index (χ1) is 10.7. The van der Waals surface area contributed by atoms with E-state index in [0.29, 0.717) is 0 Å². The molecule has 2 rings (SSSR count). The van der Waals surface area contributed by atoms with Crippen molar-refractivity contribution in [1.29, 1.82) is 0 Å². The van der Waals surface area contributed by atoms with Crippen molar-refractivity contribution in [2.75, 3.05) is 6.54 Å². The Kier molecular flexibility index (Phi) is 6.48. The number of benzene rings is 1. The Hall–Kier alpha value is -1.31. The highest BCUT2D eigenvalue weighted by molar-refractivity contribution is 5.96. The van der Waals surface area contributed by atoms with Gasteiger partial charge in [-0.05, 0) is 44.2 Å². The number of nitrogens with zero attached hydrogens (tertiary/aromatic N) is 1. The second kappa shape index (κ2) is 8.36. The molecule has 1 aromatic rings. The van der Waals surface area contributed by atoms with Gasteiger partial charge in [0, 0.05) is 5.56 Å². The highest BCUT2D eigenvalue weighted by Crippen LogP contribution is 2.33. The molecule has 122 valence electrons. The van der Waals surface area contributed by atoms with Gasteiger partial charge in [0.05, 0.1) is 6.54 Å². The zero-order valence-electron chi connectivity index (χ0n) is 14.5. The summed E-state index contributed by atoms with van der Waals surface area (Å²) < 4.78 is 6.46. The first-order valence-electron chi connectivity index (χ1n) is 9.00. The predicted octanol–water partition coefficient (Wildman–Crippen LogP) is 5.67. The summed E-state index contributed by atoms with van der Waals surface area (Å²) in [6, 6.07) is 8.41. The van der Waals surface area contributed by atoms with E-state index in [1.165, 1.54) is 44.1 Å². The van der Waals surface area contributed by atoms with Crippen LogP contribution in [0.3, 0.4) is 0 Å². The summed E-state index contributed by atoms with van der Waals surface area (Å²) in [5, 5.41) is 0. The SMILES string of the molecule is CCCCCC1(CCCCC)CN=C(c2ccccc2C)O1. The molecular formula is C20H31NO. The van der Waals surface area contributed by atoms with E-state index in [2.05, 4.69) is 45.0 Å². The van der Waals surface area contributed by atoms with Gasteiger partial charge in [-0.2, -0.15) is 0 Å². The minimum Gasteiger partial charge on any atom is -0.469 e. The van der Waals surface area contributed by atoms with Crippen LogP contribution in [0.1, 0.15) is 76.3 Å². The standard InChI is InChI=1S/C20H31NO/c1-4-6-10-14-20(15-11-7-5-2)16-21-19(22-20)18-13-9-8-12-17(18)3/h8-9,12-13H,4-7,10-11,14-16H2,1-3H3. The zero-order chi connectivity index (χ0) is 15.8. The number of hydrogen-bond acceptors (Lipinski definition) is 2. The number of hydrogen-bond donors (Lipinski definition) is 0. The lowest BCUT2D eigenvalue weighted by Gasteiger charge is -2.29. The maximum absolute atomic E-state index is 6.46. The van der Waals surface area contributed by atoms with Gasteiger partial charge in [0.2, 0.25) is 5.90 Å². The lowest BCUT2D eigenvalue weighted by atomic mass is 9.90. The Balaban J connectivity index is 2.04. The molecule has 2 heteroatoms. The first kappa shape index (κ1) is 17.1. The predicted molar refractivity (Wildman–Crippen MR) is 94.7 cm³/mol. The molecule has 1 aromatic carbocycles. The highest BCUT2D eigenvalue weighted by Gasteiger charge is 2.37. The van der Waals surface area contributed by atoms with Crippen LogP contribution in [0, 0.1) is 6.92 Å². The van der Waals surface area contributed by atoms with Crippen LogP contribution in [-0.2, 0) is 4.74 Å². The normalized spacial score (nSPS) is 16.4. The zero-order valence-corrected chi connectivity index (χ0v) is 14.5. The van der Waals surface area contributed by atoms with Crippen molar-refractivity contribution in [1.82, 2.24) is 0 Å². The smallest absolute Gasteiger partial charge is 0.217 e. The molecule has 0 amide bonds. The molecule has 0 N–H and O–H groups in total. The van der Waals surface area contributed by atoms with Crippen molar-refractivity contribution in [2.45, 2.75) is 77.7 Å². The Labute approximate surface area is 136 Å². The van der Waals surface area contributed by atoms with Gasteiger partial charge >= 0.3 is 0 Å². The van der Waals surface area contributed by atoms with E-state index in [9.17, 15) is 0 Å². The first-order valence-corrected chi connectivity index (χ1v) is 9.00. The monoisotopic (exact) mass is 301 g/mol. The quantitative estimate of drug-likeness (QED) is 0.538. The number of rotatable bonds is 9. The van der Waals surface area contributed by atoms with Crippen LogP contribution in [0.5, 0.6) is 0 Å². The Morgan fingerprint density at radius 2 is 1.64 bits per heavy atom. The van der Waals surface area contributed by atoms with Crippen molar-refractivity contribution in [3.63, 3.8) is 0 Å². The minimum absolute atomic E-state index is 0.0397. The van der Waals surface area contributed by atoms with Crippen LogP contribution < -0.4 is 0 Å². The summed E-state index contributed by atoms with van der Waals surface area (Å²) in [7, 11) is 0. The van der Waals surface area contributed by atoms with Crippen LogP contribution in [0.25, 0.3) is 0 Å². The van der Waals surface area contributed by atoms with Crippen LogP contribution >= 0.6 is 0 Å². The van der Waals surface area contributed by atoms with E-state index in [4.69, 9.17) is 9.73 Å². The fourth-order valence-electron chi connectivity index (χ4n) is 3.22. The molecule has 1 aliphatic heterocycles. The number of aryl methyl sites for hydroxylation is 1. The fraction of sp³-hybridized carbons (Fsp3) is 0.650. The van der Waals surface area contributed by atoms with Crippen molar-refractivity contribution in [3.05, 3.63) is 35.4 Å². The molecule has 0 bridgehead atoms. The molecule has 0 fully saturated rings. The van der Waals surface area contributed by atoms with E-state index < -0.39 is 0 Å². The molecule has 0 spiro atoms. The van der Waals surface area contributed by atoms with Crippen LogP contribution in [0.15, 0.2) is 29.3 Å². The number of aliphatic imine (C=N–C) groups is 1. The van der Waals surface area contributed by atoms with Crippen molar-refractivity contribution >= 4 is 5.90 Å². The molecule has 0 radical (unpaired) electrons. The van der Waals surface area contributed by atoms with E-state index >= 15 is 0 Å². The Morgan fingerprint density at radius 1 is 1.00 bits per heavy atom. The molecule has 1 aliphatic rings. The summed E-state index contributed by atoms with van der Waals surface area (Å²) in [4.78, 5) is 4.77. The Morgan fingerprint density at radius 3 is 2.23 bits per heavy atom. The average molecular weight is 301 g/mol. The van der Waals surface area contributed by atoms with Crippen molar-refractivity contribution < 1.29 is 4.74 Å². The van der Waals surface area contributed by atoms with E-state index in [0.717, 1.165) is 30.8 Å². The summed E-state index contributed by atoms with van der Waals surface area (Å²) >= 11 is 0. The number of ether oxygens (including phenoxy) is 1.